The number of allylic oxidation sites excluding steroid dienone is 2. The minimum atomic E-state index is -0.215. The van der Waals surface area contributed by atoms with Crippen LogP contribution in [0.3, 0.4) is 0 Å². The van der Waals surface area contributed by atoms with Crippen molar-refractivity contribution in [2.75, 3.05) is 0 Å². The van der Waals surface area contributed by atoms with Crippen LogP contribution in [-0.4, -0.2) is 25.4 Å². The Morgan fingerprint density at radius 3 is 2.88 bits per heavy atom. The molecule has 1 unspecified atom stereocenters. The molecule has 0 fully saturated rings. The van der Waals surface area contributed by atoms with Crippen molar-refractivity contribution in [2.45, 2.75) is 32.1 Å². The zero-order valence-electron chi connectivity index (χ0n) is 13.8. The Hall–Kier alpha value is -3.02. The van der Waals surface area contributed by atoms with E-state index in [-0.39, 0.29) is 11.7 Å². The third-order valence-corrected chi connectivity index (χ3v) is 4.83. The highest BCUT2D eigenvalue weighted by Gasteiger charge is 2.39. The van der Waals surface area contributed by atoms with Gasteiger partial charge in [-0.15, -0.1) is 0 Å². The predicted molar refractivity (Wildman–Crippen MR) is 90.3 cm³/mol. The monoisotopic (exact) mass is 332 g/mol. The lowest BCUT2D eigenvalue weighted by atomic mass is 9.78. The van der Waals surface area contributed by atoms with Gasteiger partial charge in [0.2, 0.25) is 5.88 Å². The van der Waals surface area contributed by atoms with Crippen LogP contribution in [0.25, 0.3) is 5.65 Å². The molecule has 2 aromatic heterocycles. The van der Waals surface area contributed by atoms with E-state index in [0.717, 1.165) is 35.3 Å². The Bertz CT molecular complexity index is 1040. The molecule has 6 nitrogen and oxygen atoms in total. The van der Waals surface area contributed by atoms with Crippen LogP contribution in [0.15, 0.2) is 48.0 Å². The summed E-state index contributed by atoms with van der Waals surface area (Å²) >= 11 is 0. The highest BCUT2D eigenvalue weighted by Crippen LogP contribution is 2.46. The largest absolute Gasteiger partial charge is 0.442 e. The SMILES string of the molecule is Cc1nc2c3c(ncn2n1)OC1=C(C(=O)CCC1)C3c1ccccc1. The van der Waals surface area contributed by atoms with Crippen molar-refractivity contribution in [1.29, 1.82) is 0 Å². The Morgan fingerprint density at radius 2 is 2.04 bits per heavy atom. The summed E-state index contributed by atoms with van der Waals surface area (Å²) in [5, 5.41) is 4.36. The lowest BCUT2D eigenvalue weighted by Gasteiger charge is -2.31. The summed E-state index contributed by atoms with van der Waals surface area (Å²) in [5.41, 5.74) is 3.32. The molecular formula is C19H16N4O2. The van der Waals surface area contributed by atoms with Gasteiger partial charge in [-0.05, 0) is 18.9 Å². The summed E-state index contributed by atoms with van der Waals surface area (Å²) in [4.78, 5) is 21.8. The summed E-state index contributed by atoms with van der Waals surface area (Å²) in [6, 6.07) is 10.0. The number of ketones is 1. The molecule has 1 atom stereocenters. The van der Waals surface area contributed by atoms with Crippen molar-refractivity contribution in [3.8, 4) is 5.88 Å². The number of carbonyl (C=O) groups is 1. The molecule has 5 rings (SSSR count). The molecule has 2 aliphatic rings. The van der Waals surface area contributed by atoms with Crippen molar-refractivity contribution in [1.82, 2.24) is 19.6 Å². The molecule has 0 radical (unpaired) electrons. The van der Waals surface area contributed by atoms with Crippen LogP contribution in [0, 0.1) is 6.92 Å². The fourth-order valence-electron chi connectivity index (χ4n) is 3.80. The van der Waals surface area contributed by atoms with E-state index in [0.29, 0.717) is 23.8 Å². The van der Waals surface area contributed by atoms with Crippen LogP contribution >= 0.6 is 0 Å². The molecule has 0 saturated heterocycles. The lowest BCUT2D eigenvalue weighted by Crippen LogP contribution is -2.26. The molecule has 1 aliphatic carbocycles. The molecule has 3 aromatic rings. The van der Waals surface area contributed by atoms with Gasteiger partial charge in [0.25, 0.3) is 0 Å². The van der Waals surface area contributed by atoms with Gasteiger partial charge in [-0.25, -0.2) is 14.5 Å². The number of hydrogen-bond acceptors (Lipinski definition) is 5. The number of Topliss-reactive ketones (excluding diaryl/α,β-unsaturated/α-hetero) is 1. The minimum absolute atomic E-state index is 0.152. The van der Waals surface area contributed by atoms with E-state index in [9.17, 15) is 4.79 Å². The number of carbonyl (C=O) groups excluding carboxylic acids is 1. The van der Waals surface area contributed by atoms with Crippen LogP contribution in [-0.2, 0) is 4.79 Å². The van der Waals surface area contributed by atoms with E-state index < -0.39 is 0 Å². The Balaban J connectivity index is 1.84. The number of rotatable bonds is 1. The van der Waals surface area contributed by atoms with E-state index in [2.05, 4.69) is 15.1 Å². The van der Waals surface area contributed by atoms with Crippen LogP contribution in [0.1, 0.15) is 42.1 Å². The second kappa shape index (κ2) is 5.24. The summed E-state index contributed by atoms with van der Waals surface area (Å²) in [6.07, 6.45) is 3.76. The first-order valence-corrected chi connectivity index (χ1v) is 8.43. The zero-order chi connectivity index (χ0) is 17.0. The van der Waals surface area contributed by atoms with Crippen LogP contribution in [0.4, 0.5) is 0 Å². The van der Waals surface area contributed by atoms with E-state index in [1.807, 2.05) is 37.3 Å². The van der Waals surface area contributed by atoms with Crippen molar-refractivity contribution in [3.63, 3.8) is 0 Å². The maximum atomic E-state index is 12.8. The third-order valence-electron chi connectivity index (χ3n) is 4.83. The fraction of sp³-hybridized carbons (Fsp3) is 0.263. The van der Waals surface area contributed by atoms with E-state index in [4.69, 9.17) is 4.74 Å². The number of hydrogen-bond donors (Lipinski definition) is 0. The Morgan fingerprint density at radius 1 is 1.20 bits per heavy atom. The second-order valence-corrected chi connectivity index (χ2v) is 6.45. The van der Waals surface area contributed by atoms with Crippen LogP contribution in [0.2, 0.25) is 0 Å². The molecule has 124 valence electrons. The molecular weight excluding hydrogens is 316 g/mol. The van der Waals surface area contributed by atoms with Gasteiger partial charge in [-0.3, -0.25) is 4.79 Å². The molecule has 1 aromatic carbocycles. The van der Waals surface area contributed by atoms with Gasteiger partial charge in [0.15, 0.2) is 11.4 Å². The van der Waals surface area contributed by atoms with Gasteiger partial charge in [0.05, 0.1) is 5.56 Å². The molecule has 3 heterocycles. The fourth-order valence-corrected chi connectivity index (χ4v) is 3.80. The number of ether oxygens (including phenoxy) is 1. The number of aromatic nitrogens is 4. The average molecular weight is 332 g/mol. The highest BCUT2D eigenvalue weighted by molar-refractivity contribution is 6.00. The van der Waals surface area contributed by atoms with Gasteiger partial charge in [0.1, 0.15) is 17.9 Å². The standard InChI is InChI=1S/C19H16N4O2/c1-11-21-18-17-15(12-6-3-2-4-7-12)16-13(24)8-5-9-14(16)25-19(17)20-10-23(18)22-11/h2-4,6-7,10,15H,5,8-9H2,1H3. The maximum absolute atomic E-state index is 12.8. The van der Waals surface area contributed by atoms with Gasteiger partial charge >= 0.3 is 0 Å². The Kier molecular flexibility index (Phi) is 3.00. The first kappa shape index (κ1) is 14.3. The topological polar surface area (TPSA) is 69.4 Å². The third kappa shape index (κ3) is 2.10. The minimum Gasteiger partial charge on any atom is -0.442 e. The van der Waals surface area contributed by atoms with Crippen molar-refractivity contribution in [2.24, 2.45) is 0 Å². The quantitative estimate of drug-likeness (QED) is 0.685. The maximum Gasteiger partial charge on any atom is 0.228 e. The summed E-state index contributed by atoms with van der Waals surface area (Å²) < 4.78 is 7.70. The smallest absolute Gasteiger partial charge is 0.228 e. The highest BCUT2D eigenvalue weighted by atomic mass is 16.5. The summed E-state index contributed by atoms with van der Waals surface area (Å²) in [6.45, 7) is 1.84. The number of benzene rings is 1. The summed E-state index contributed by atoms with van der Waals surface area (Å²) in [7, 11) is 0. The average Bonchev–Trinajstić information content (AvgIpc) is 3.01. The van der Waals surface area contributed by atoms with Crippen LogP contribution in [0.5, 0.6) is 5.88 Å². The first-order valence-electron chi connectivity index (χ1n) is 8.43. The van der Waals surface area contributed by atoms with Crippen molar-refractivity contribution >= 4 is 11.4 Å². The van der Waals surface area contributed by atoms with Gasteiger partial charge in [-0.2, -0.15) is 5.10 Å². The van der Waals surface area contributed by atoms with Crippen molar-refractivity contribution in [3.05, 3.63) is 64.9 Å². The van der Waals surface area contributed by atoms with E-state index in [1.165, 1.54) is 0 Å². The molecule has 0 N–H and O–H groups in total. The molecule has 25 heavy (non-hydrogen) atoms. The molecule has 6 heteroatoms. The Labute approximate surface area is 144 Å². The molecule has 1 aliphatic heterocycles. The number of aryl methyl sites for hydroxylation is 1. The lowest BCUT2D eigenvalue weighted by molar-refractivity contribution is -0.116. The van der Waals surface area contributed by atoms with Crippen molar-refractivity contribution < 1.29 is 9.53 Å². The van der Waals surface area contributed by atoms with Gasteiger partial charge < -0.3 is 4.74 Å². The van der Waals surface area contributed by atoms with Crippen LogP contribution < -0.4 is 4.74 Å². The molecule has 0 saturated carbocycles. The molecule has 0 bridgehead atoms. The predicted octanol–water partition coefficient (Wildman–Crippen LogP) is 2.96. The second-order valence-electron chi connectivity index (χ2n) is 6.45. The number of nitrogens with zero attached hydrogens (tertiary/aromatic N) is 4. The van der Waals surface area contributed by atoms with Gasteiger partial charge in [-0.1, -0.05) is 30.3 Å². The van der Waals surface area contributed by atoms with Gasteiger partial charge in [0, 0.05) is 24.3 Å². The molecule has 0 spiro atoms. The first-order chi connectivity index (χ1) is 12.2. The normalized spacial score (nSPS) is 19.6. The molecule has 0 amide bonds. The van der Waals surface area contributed by atoms with E-state index in [1.54, 1.807) is 10.8 Å². The zero-order valence-corrected chi connectivity index (χ0v) is 13.8. The van der Waals surface area contributed by atoms with E-state index >= 15 is 0 Å². The summed E-state index contributed by atoms with van der Waals surface area (Å²) in [5.74, 6) is 1.89. The number of fused-ring (bicyclic) bond motifs is 3.